The van der Waals surface area contributed by atoms with E-state index in [1.54, 1.807) is 25.3 Å². The molecule has 3 rings (SSSR count). The Hall–Kier alpha value is -2.04. The molecular formula is C20H22ClNO3. The number of Topliss-reactive ketones (excluding diaryl/α,β-unsaturated/α-hetero) is 1. The third-order valence-corrected chi connectivity index (χ3v) is 4.95. The van der Waals surface area contributed by atoms with Gasteiger partial charge in [-0.1, -0.05) is 29.8 Å². The minimum Gasteiger partial charge on any atom is -0.506 e. The number of phenolic OH excluding ortho intramolecular Hbond substituents is 1. The Morgan fingerprint density at radius 3 is 2.92 bits per heavy atom. The molecule has 1 N–H and O–H groups in total. The van der Waals surface area contributed by atoms with Crippen LogP contribution in [0.15, 0.2) is 42.5 Å². The Balaban J connectivity index is 1.67. The lowest BCUT2D eigenvalue weighted by Gasteiger charge is -2.32. The van der Waals surface area contributed by atoms with Crippen molar-refractivity contribution in [1.82, 2.24) is 4.90 Å². The lowest BCUT2D eigenvalue weighted by molar-refractivity contribution is 0.0811. The summed E-state index contributed by atoms with van der Waals surface area (Å²) in [4.78, 5) is 15.1. The predicted octanol–water partition coefficient (Wildman–Crippen LogP) is 4.15. The molecule has 132 valence electrons. The number of methoxy groups -OCH3 is 1. The monoisotopic (exact) mass is 359 g/mol. The molecule has 1 saturated heterocycles. The molecule has 0 bridgehead atoms. The van der Waals surface area contributed by atoms with Crippen LogP contribution in [-0.4, -0.2) is 36.0 Å². The molecule has 25 heavy (non-hydrogen) atoms. The van der Waals surface area contributed by atoms with Crippen molar-refractivity contribution in [2.24, 2.45) is 5.92 Å². The third-order valence-electron chi connectivity index (χ3n) is 4.65. The van der Waals surface area contributed by atoms with Gasteiger partial charge < -0.3 is 9.84 Å². The zero-order valence-electron chi connectivity index (χ0n) is 14.2. The Morgan fingerprint density at radius 1 is 1.32 bits per heavy atom. The van der Waals surface area contributed by atoms with Crippen LogP contribution in [-0.2, 0) is 6.54 Å². The molecule has 0 spiro atoms. The maximum atomic E-state index is 12.8. The average molecular weight is 360 g/mol. The van der Waals surface area contributed by atoms with Gasteiger partial charge in [0.25, 0.3) is 0 Å². The summed E-state index contributed by atoms with van der Waals surface area (Å²) in [5.41, 5.74) is 1.75. The molecule has 2 aromatic carbocycles. The molecule has 1 heterocycles. The Labute approximate surface area is 153 Å². The summed E-state index contributed by atoms with van der Waals surface area (Å²) in [5.74, 6) is 0.966. The quantitative estimate of drug-likeness (QED) is 0.815. The molecule has 1 atom stereocenters. The first-order valence-electron chi connectivity index (χ1n) is 8.45. The molecule has 0 unspecified atom stereocenters. The summed E-state index contributed by atoms with van der Waals surface area (Å²) in [5, 5.41) is 9.89. The van der Waals surface area contributed by atoms with Crippen LogP contribution in [0, 0.1) is 5.92 Å². The van der Waals surface area contributed by atoms with E-state index in [1.807, 2.05) is 24.3 Å². The second-order valence-electron chi connectivity index (χ2n) is 6.46. The van der Waals surface area contributed by atoms with Crippen LogP contribution in [0.5, 0.6) is 11.5 Å². The predicted molar refractivity (Wildman–Crippen MR) is 98.4 cm³/mol. The highest BCUT2D eigenvalue weighted by Crippen LogP contribution is 2.27. The topological polar surface area (TPSA) is 49.8 Å². The normalized spacial score (nSPS) is 18.1. The van der Waals surface area contributed by atoms with Crippen LogP contribution in [0.3, 0.4) is 0 Å². The number of likely N-dealkylation sites (tertiary alicyclic amines) is 1. The fourth-order valence-electron chi connectivity index (χ4n) is 3.33. The number of nitrogens with zero attached hydrogens (tertiary/aromatic N) is 1. The summed E-state index contributed by atoms with van der Waals surface area (Å²) in [6.07, 6.45) is 1.90. The Kier molecular flexibility index (Phi) is 5.61. The summed E-state index contributed by atoms with van der Waals surface area (Å²) in [6.45, 7) is 2.41. The zero-order chi connectivity index (χ0) is 17.8. The molecule has 0 aliphatic carbocycles. The van der Waals surface area contributed by atoms with Crippen molar-refractivity contribution in [2.45, 2.75) is 19.4 Å². The van der Waals surface area contributed by atoms with E-state index in [2.05, 4.69) is 4.90 Å². The van der Waals surface area contributed by atoms with Crippen LogP contribution >= 0.6 is 11.6 Å². The molecule has 2 aromatic rings. The molecule has 1 fully saturated rings. The third kappa shape index (κ3) is 4.33. The number of piperidine rings is 1. The van der Waals surface area contributed by atoms with Crippen LogP contribution in [0.1, 0.15) is 28.8 Å². The van der Waals surface area contributed by atoms with Gasteiger partial charge in [-0.15, -0.1) is 0 Å². The van der Waals surface area contributed by atoms with Gasteiger partial charge in [0, 0.05) is 24.6 Å². The van der Waals surface area contributed by atoms with Gasteiger partial charge in [-0.05, 0) is 49.2 Å². The fraction of sp³-hybridized carbons (Fsp3) is 0.350. The van der Waals surface area contributed by atoms with Crippen LogP contribution in [0.4, 0.5) is 0 Å². The van der Waals surface area contributed by atoms with Crippen molar-refractivity contribution in [2.75, 3.05) is 20.2 Å². The van der Waals surface area contributed by atoms with E-state index in [1.165, 1.54) is 0 Å². The number of rotatable bonds is 5. The molecular weight excluding hydrogens is 338 g/mol. The molecule has 1 aliphatic heterocycles. The van der Waals surface area contributed by atoms with Gasteiger partial charge in [0.1, 0.15) is 11.5 Å². The van der Waals surface area contributed by atoms with E-state index in [0.717, 1.165) is 38.0 Å². The lowest BCUT2D eigenvalue weighted by Crippen LogP contribution is -2.38. The van der Waals surface area contributed by atoms with Crippen molar-refractivity contribution in [3.05, 3.63) is 58.6 Å². The maximum Gasteiger partial charge on any atom is 0.167 e. The smallest absolute Gasteiger partial charge is 0.167 e. The fourth-order valence-corrected chi connectivity index (χ4v) is 3.54. The number of aromatic hydroxyl groups is 1. The highest BCUT2D eigenvalue weighted by molar-refractivity contribution is 6.32. The molecule has 0 radical (unpaired) electrons. The van der Waals surface area contributed by atoms with Crippen LogP contribution < -0.4 is 4.74 Å². The number of ketones is 1. The first-order valence-corrected chi connectivity index (χ1v) is 8.82. The molecule has 0 aromatic heterocycles. The van der Waals surface area contributed by atoms with Gasteiger partial charge in [0.2, 0.25) is 0 Å². The van der Waals surface area contributed by atoms with Gasteiger partial charge in [-0.25, -0.2) is 0 Å². The summed E-state index contributed by atoms with van der Waals surface area (Å²) >= 11 is 5.98. The Bertz CT molecular complexity index is 762. The SMILES string of the molecule is COc1cccc(C(=O)[C@H]2CCCN(Cc3ccc(O)c(Cl)c3)C2)c1. The van der Waals surface area contributed by atoms with Gasteiger partial charge in [0.15, 0.2) is 5.78 Å². The first-order chi connectivity index (χ1) is 12.1. The standard InChI is InChI=1S/C20H22ClNO3/c1-25-17-6-2-4-15(11-17)20(24)16-5-3-9-22(13-16)12-14-7-8-19(23)18(21)10-14/h2,4,6-8,10-11,16,23H,3,5,9,12-13H2,1H3/t16-/m0/s1. The number of phenols is 1. The number of hydrogen-bond donors (Lipinski definition) is 1. The van der Waals surface area contributed by atoms with E-state index in [4.69, 9.17) is 16.3 Å². The van der Waals surface area contributed by atoms with Gasteiger partial charge in [-0.2, -0.15) is 0 Å². The molecule has 0 amide bonds. The minimum atomic E-state index is -0.00607. The zero-order valence-corrected chi connectivity index (χ0v) is 15.0. The van der Waals surface area contributed by atoms with E-state index in [-0.39, 0.29) is 17.5 Å². The van der Waals surface area contributed by atoms with E-state index in [9.17, 15) is 9.90 Å². The number of hydrogen-bond acceptors (Lipinski definition) is 4. The van der Waals surface area contributed by atoms with Crippen molar-refractivity contribution >= 4 is 17.4 Å². The second kappa shape index (κ2) is 7.89. The largest absolute Gasteiger partial charge is 0.506 e. The summed E-state index contributed by atoms with van der Waals surface area (Å²) < 4.78 is 5.22. The van der Waals surface area contributed by atoms with E-state index in [0.29, 0.717) is 16.3 Å². The number of halogens is 1. The number of carbonyl (C=O) groups excluding carboxylic acids is 1. The maximum absolute atomic E-state index is 12.8. The van der Waals surface area contributed by atoms with Crippen molar-refractivity contribution in [3.63, 3.8) is 0 Å². The Morgan fingerprint density at radius 2 is 2.16 bits per heavy atom. The van der Waals surface area contributed by atoms with Gasteiger partial charge in [-0.3, -0.25) is 9.69 Å². The number of benzene rings is 2. The van der Waals surface area contributed by atoms with Crippen LogP contribution in [0.2, 0.25) is 5.02 Å². The van der Waals surface area contributed by atoms with E-state index < -0.39 is 0 Å². The summed E-state index contributed by atoms with van der Waals surface area (Å²) in [7, 11) is 1.61. The number of ether oxygens (including phenoxy) is 1. The second-order valence-corrected chi connectivity index (χ2v) is 6.86. The van der Waals surface area contributed by atoms with E-state index >= 15 is 0 Å². The van der Waals surface area contributed by atoms with Crippen molar-refractivity contribution < 1.29 is 14.6 Å². The molecule has 1 aliphatic rings. The van der Waals surface area contributed by atoms with Gasteiger partial charge in [0.05, 0.1) is 12.1 Å². The number of carbonyl (C=O) groups is 1. The molecule has 0 saturated carbocycles. The highest BCUT2D eigenvalue weighted by atomic mass is 35.5. The van der Waals surface area contributed by atoms with Crippen molar-refractivity contribution in [3.8, 4) is 11.5 Å². The van der Waals surface area contributed by atoms with Gasteiger partial charge >= 0.3 is 0 Å². The lowest BCUT2D eigenvalue weighted by atomic mass is 9.89. The minimum absolute atomic E-state index is 0.00607. The molecule has 5 heteroatoms. The van der Waals surface area contributed by atoms with Crippen LogP contribution in [0.25, 0.3) is 0 Å². The molecule has 4 nitrogen and oxygen atoms in total. The first kappa shape index (κ1) is 17.8. The average Bonchev–Trinajstić information content (AvgIpc) is 2.64. The highest BCUT2D eigenvalue weighted by Gasteiger charge is 2.26. The summed E-state index contributed by atoms with van der Waals surface area (Å²) in [6, 6.07) is 12.6. The van der Waals surface area contributed by atoms with Crippen molar-refractivity contribution in [1.29, 1.82) is 0 Å².